The van der Waals surface area contributed by atoms with Gasteiger partial charge in [0.05, 0.1) is 12.7 Å². The van der Waals surface area contributed by atoms with Crippen LogP contribution in [-0.4, -0.2) is 26.2 Å². The minimum Gasteiger partial charge on any atom is -0.491 e. The van der Waals surface area contributed by atoms with E-state index in [2.05, 4.69) is 17.4 Å². The molecule has 3 aromatic rings. The van der Waals surface area contributed by atoms with Gasteiger partial charge in [0.15, 0.2) is 0 Å². The number of nitrogens with one attached hydrogen (secondary N) is 1. The van der Waals surface area contributed by atoms with E-state index in [0.29, 0.717) is 29.4 Å². The van der Waals surface area contributed by atoms with Crippen LogP contribution in [-0.2, 0) is 4.74 Å². The number of carbonyl (C=O) groups excluding carboxylic acids is 1. The first kappa shape index (κ1) is 17.1. The molecule has 0 fully saturated rings. The van der Waals surface area contributed by atoms with E-state index < -0.39 is 5.97 Å². The Morgan fingerprint density at radius 1 is 1.08 bits per heavy atom. The molecular weight excluding hydrogens is 338 g/mol. The lowest BCUT2D eigenvalue weighted by Gasteiger charge is -2.13. The molecular formula is C20H18ClNO3. The number of rotatable bonds is 6. The highest BCUT2D eigenvalue weighted by atomic mass is 35.5. The molecule has 128 valence electrons. The number of fused-ring (bicyclic) bond motifs is 1. The normalized spacial score (nSPS) is 10.5. The molecule has 1 N–H and O–H groups in total. The Hall–Kier alpha value is -2.72. The van der Waals surface area contributed by atoms with E-state index >= 15 is 0 Å². The average molecular weight is 356 g/mol. The highest BCUT2D eigenvalue weighted by Crippen LogP contribution is 2.25. The molecule has 0 spiro atoms. The predicted octanol–water partition coefficient (Wildman–Crippen LogP) is 4.77. The van der Waals surface area contributed by atoms with Crippen LogP contribution in [0.5, 0.6) is 5.75 Å². The minimum absolute atomic E-state index is 0.403. The van der Waals surface area contributed by atoms with Gasteiger partial charge in [0.1, 0.15) is 12.4 Å². The Morgan fingerprint density at radius 2 is 1.88 bits per heavy atom. The van der Waals surface area contributed by atoms with Crippen LogP contribution in [0.3, 0.4) is 0 Å². The summed E-state index contributed by atoms with van der Waals surface area (Å²) in [6, 6.07) is 19.1. The Labute approximate surface area is 151 Å². The lowest BCUT2D eigenvalue weighted by molar-refractivity contribution is 0.0602. The summed E-state index contributed by atoms with van der Waals surface area (Å²) < 4.78 is 10.7. The zero-order chi connectivity index (χ0) is 17.6. The summed E-state index contributed by atoms with van der Waals surface area (Å²) in [4.78, 5) is 11.8. The van der Waals surface area contributed by atoms with Crippen molar-refractivity contribution in [3.8, 4) is 5.75 Å². The Bertz CT molecular complexity index is 890. The monoisotopic (exact) mass is 355 g/mol. The third kappa shape index (κ3) is 4.03. The molecule has 4 nitrogen and oxygen atoms in total. The van der Waals surface area contributed by atoms with E-state index in [4.69, 9.17) is 21.1 Å². The molecule has 0 radical (unpaired) electrons. The summed E-state index contributed by atoms with van der Waals surface area (Å²) in [6.45, 7) is 0.992. The van der Waals surface area contributed by atoms with Crippen molar-refractivity contribution in [1.82, 2.24) is 0 Å². The smallest absolute Gasteiger partial charge is 0.340 e. The molecule has 3 aromatic carbocycles. The van der Waals surface area contributed by atoms with Gasteiger partial charge in [-0.15, -0.1) is 0 Å². The van der Waals surface area contributed by atoms with Gasteiger partial charge in [0.2, 0.25) is 0 Å². The topological polar surface area (TPSA) is 47.6 Å². The van der Waals surface area contributed by atoms with Crippen molar-refractivity contribution < 1.29 is 14.3 Å². The summed E-state index contributed by atoms with van der Waals surface area (Å²) in [6.07, 6.45) is 0. The van der Waals surface area contributed by atoms with Crippen LogP contribution in [0, 0.1) is 0 Å². The number of anilines is 1. The van der Waals surface area contributed by atoms with Crippen molar-refractivity contribution in [2.24, 2.45) is 0 Å². The first-order chi connectivity index (χ1) is 12.2. The lowest BCUT2D eigenvalue weighted by atomic mass is 10.1. The van der Waals surface area contributed by atoms with Gasteiger partial charge in [0.25, 0.3) is 0 Å². The standard InChI is InChI=1S/C20H18ClNO3/c1-24-20(23)17-13-15(21)9-10-18(17)22-11-12-25-19-8-4-6-14-5-2-3-7-16(14)19/h2-10,13,22H,11-12H2,1H3. The van der Waals surface area contributed by atoms with Crippen LogP contribution < -0.4 is 10.1 Å². The van der Waals surface area contributed by atoms with Gasteiger partial charge in [-0.05, 0) is 29.7 Å². The number of esters is 1. The van der Waals surface area contributed by atoms with Gasteiger partial charge < -0.3 is 14.8 Å². The van der Waals surface area contributed by atoms with Crippen LogP contribution in [0.1, 0.15) is 10.4 Å². The van der Waals surface area contributed by atoms with Gasteiger partial charge in [-0.25, -0.2) is 4.79 Å². The molecule has 0 unspecified atom stereocenters. The van der Waals surface area contributed by atoms with Crippen LogP contribution >= 0.6 is 11.6 Å². The number of benzene rings is 3. The highest BCUT2D eigenvalue weighted by Gasteiger charge is 2.12. The van der Waals surface area contributed by atoms with Crippen LogP contribution in [0.25, 0.3) is 10.8 Å². The SMILES string of the molecule is COC(=O)c1cc(Cl)ccc1NCCOc1cccc2ccccc12. The molecule has 25 heavy (non-hydrogen) atoms. The van der Waals surface area contributed by atoms with Gasteiger partial charge >= 0.3 is 5.97 Å². The Balaban J connectivity index is 1.65. The summed E-state index contributed by atoms with van der Waals surface area (Å²) in [5.74, 6) is 0.407. The summed E-state index contributed by atoms with van der Waals surface area (Å²) >= 11 is 5.95. The second-order valence-electron chi connectivity index (χ2n) is 5.43. The zero-order valence-electron chi connectivity index (χ0n) is 13.8. The van der Waals surface area contributed by atoms with Crippen LogP contribution in [0.2, 0.25) is 5.02 Å². The first-order valence-corrected chi connectivity index (χ1v) is 8.29. The number of ether oxygens (including phenoxy) is 2. The molecule has 0 aromatic heterocycles. The molecule has 0 atom stereocenters. The van der Waals surface area contributed by atoms with Crippen molar-refractivity contribution in [1.29, 1.82) is 0 Å². The summed E-state index contributed by atoms with van der Waals surface area (Å²) in [5, 5.41) is 5.89. The number of halogens is 1. The van der Waals surface area contributed by atoms with Gasteiger partial charge in [0, 0.05) is 22.6 Å². The Kier molecular flexibility index (Phi) is 5.41. The summed E-state index contributed by atoms with van der Waals surface area (Å²) in [5.41, 5.74) is 1.07. The fraction of sp³-hybridized carbons (Fsp3) is 0.150. The molecule has 0 amide bonds. The quantitative estimate of drug-likeness (QED) is 0.511. The number of hydrogen-bond acceptors (Lipinski definition) is 4. The third-order valence-corrected chi connectivity index (χ3v) is 4.05. The van der Waals surface area contributed by atoms with E-state index in [0.717, 1.165) is 16.5 Å². The molecule has 0 aliphatic heterocycles. The maximum atomic E-state index is 11.8. The fourth-order valence-electron chi connectivity index (χ4n) is 2.62. The van der Waals surface area contributed by atoms with E-state index in [-0.39, 0.29) is 0 Å². The third-order valence-electron chi connectivity index (χ3n) is 3.81. The maximum Gasteiger partial charge on any atom is 0.340 e. The number of carbonyl (C=O) groups is 1. The summed E-state index contributed by atoms with van der Waals surface area (Å²) in [7, 11) is 1.34. The first-order valence-electron chi connectivity index (χ1n) is 7.91. The number of hydrogen-bond donors (Lipinski definition) is 1. The van der Waals surface area contributed by atoms with E-state index in [1.54, 1.807) is 18.2 Å². The van der Waals surface area contributed by atoms with E-state index in [1.165, 1.54) is 7.11 Å². The Morgan fingerprint density at radius 3 is 2.72 bits per heavy atom. The zero-order valence-corrected chi connectivity index (χ0v) is 14.5. The molecule has 0 aliphatic rings. The van der Waals surface area contributed by atoms with E-state index in [9.17, 15) is 4.79 Å². The van der Waals surface area contributed by atoms with Crippen molar-refractivity contribution in [2.75, 3.05) is 25.6 Å². The van der Waals surface area contributed by atoms with Crippen LogP contribution in [0.4, 0.5) is 5.69 Å². The highest BCUT2D eigenvalue weighted by molar-refractivity contribution is 6.31. The predicted molar refractivity (Wildman–Crippen MR) is 101 cm³/mol. The second-order valence-corrected chi connectivity index (χ2v) is 5.87. The molecule has 0 bridgehead atoms. The maximum absolute atomic E-state index is 11.8. The average Bonchev–Trinajstić information content (AvgIpc) is 2.65. The van der Waals surface area contributed by atoms with Crippen LogP contribution in [0.15, 0.2) is 60.7 Å². The van der Waals surface area contributed by atoms with Gasteiger partial charge in [-0.1, -0.05) is 48.0 Å². The van der Waals surface area contributed by atoms with Gasteiger partial charge in [-0.3, -0.25) is 0 Å². The molecule has 5 heteroatoms. The van der Waals surface area contributed by atoms with Crippen molar-refractivity contribution in [3.05, 3.63) is 71.2 Å². The van der Waals surface area contributed by atoms with E-state index in [1.807, 2.05) is 30.3 Å². The minimum atomic E-state index is -0.431. The molecule has 0 saturated carbocycles. The van der Waals surface area contributed by atoms with Gasteiger partial charge in [-0.2, -0.15) is 0 Å². The molecule has 0 aliphatic carbocycles. The second kappa shape index (κ2) is 7.90. The largest absolute Gasteiger partial charge is 0.491 e. The van der Waals surface area contributed by atoms with Crippen molar-refractivity contribution in [3.63, 3.8) is 0 Å². The fourth-order valence-corrected chi connectivity index (χ4v) is 2.79. The lowest BCUT2D eigenvalue weighted by Crippen LogP contribution is -2.14. The van der Waals surface area contributed by atoms with Crippen molar-refractivity contribution in [2.45, 2.75) is 0 Å². The van der Waals surface area contributed by atoms with Crippen molar-refractivity contribution >= 4 is 34.0 Å². The molecule has 0 heterocycles. The number of methoxy groups -OCH3 is 1. The molecule has 3 rings (SSSR count). The molecule has 0 saturated heterocycles.